The van der Waals surface area contributed by atoms with Crippen LogP contribution >= 0.6 is 11.3 Å². The van der Waals surface area contributed by atoms with Crippen molar-refractivity contribution >= 4 is 34.9 Å². The van der Waals surface area contributed by atoms with Crippen LogP contribution in [0.25, 0.3) is 10.6 Å². The lowest BCUT2D eigenvalue weighted by atomic mass is 10.1. The summed E-state index contributed by atoms with van der Waals surface area (Å²) in [6.45, 7) is 0.389. The summed E-state index contributed by atoms with van der Waals surface area (Å²) in [5.74, 6) is -0.0936. The molecule has 0 unspecified atom stereocenters. The number of fused-ring (bicyclic) bond motifs is 5. The van der Waals surface area contributed by atoms with Gasteiger partial charge in [0.25, 0.3) is 5.91 Å². The molecule has 38 heavy (non-hydrogen) atoms. The molecule has 2 aliphatic rings. The van der Waals surface area contributed by atoms with E-state index in [1.165, 1.54) is 32.0 Å². The maximum absolute atomic E-state index is 14.0. The Balaban J connectivity index is 1.56. The minimum atomic E-state index is -1.04. The Bertz CT molecular complexity index is 1340. The Hall–Kier alpha value is -3.97. The van der Waals surface area contributed by atoms with Gasteiger partial charge < -0.3 is 25.4 Å². The van der Waals surface area contributed by atoms with Gasteiger partial charge >= 0.3 is 6.03 Å². The molecule has 1 saturated heterocycles. The minimum absolute atomic E-state index is 0.0947. The monoisotopic (exact) mass is 539 g/mol. The van der Waals surface area contributed by atoms with Gasteiger partial charge in [0.1, 0.15) is 29.8 Å². The molecule has 3 atom stereocenters. The van der Waals surface area contributed by atoms with Crippen molar-refractivity contribution in [2.75, 3.05) is 31.6 Å². The van der Waals surface area contributed by atoms with Crippen molar-refractivity contribution < 1.29 is 24.2 Å². The fourth-order valence-corrected chi connectivity index (χ4v) is 5.80. The Morgan fingerprint density at radius 1 is 1.29 bits per heavy atom. The van der Waals surface area contributed by atoms with Gasteiger partial charge in [-0.3, -0.25) is 24.2 Å². The minimum Gasteiger partial charge on any atom is -0.490 e. The van der Waals surface area contributed by atoms with E-state index < -0.39 is 24.2 Å². The average Bonchev–Trinajstić information content (AvgIpc) is 3.61. The van der Waals surface area contributed by atoms with Crippen molar-refractivity contribution in [3.8, 4) is 16.3 Å². The Morgan fingerprint density at radius 2 is 2.11 bits per heavy atom. The van der Waals surface area contributed by atoms with E-state index in [2.05, 4.69) is 10.1 Å². The third kappa shape index (κ3) is 4.82. The standard InChI is InChI=1S/C25H29N7O5S/c1-29-8-5-19(32(25(26)36)15-4-3-7-27-12-15)24(35)31-13-17(33)10-16(31)14-37-21-6-9-38-22(21)18-11-20(23(29)34)30(2)28-18/h3-4,6-7,9,11-12,16-17,19,33H,5,8,10,13-14H2,1-2H3,(H2,26,36)/t16-,17-,19-/m0/s1. The van der Waals surface area contributed by atoms with Crippen LogP contribution in [0, 0.1) is 0 Å². The van der Waals surface area contributed by atoms with Gasteiger partial charge in [0.2, 0.25) is 5.91 Å². The van der Waals surface area contributed by atoms with Gasteiger partial charge in [-0.25, -0.2) is 4.79 Å². The number of nitrogens with two attached hydrogens (primary N) is 1. The second kappa shape index (κ2) is 10.4. The zero-order valence-electron chi connectivity index (χ0n) is 21.1. The highest BCUT2D eigenvalue weighted by Gasteiger charge is 2.41. The number of ether oxygens (including phenoxy) is 1. The van der Waals surface area contributed by atoms with Crippen LogP contribution in [0.4, 0.5) is 10.5 Å². The van der Waals surface area contributed by atoms with E-state index in [-0.39, 0.29) is 37.9 Å². The highest BCUT2D eigenvalue weighted by atomic mass is 32.1. The fraction of sp³-hybridized carbons (Fsp3) is 0.400. The largest absolute Gasteiger partial charge is 0.490 e. The quantitative estimate of drug-likeness (QED) is 0.499. The average molecular weight is 540 g/mol. The van der Waals surface area contributed by atoms with Gasteiger partial charge in [0.05, 0.1) is 28.9 Å². The van der Waals surface area contributed by atoms with Crippen molar-refractivity contribution in [1.29, 1.82) is 0 Å². The third-order valence-corrected chi connectivity index (χ3v) is 7.83. The lowest BCUT2D eigenvalue weighted by Crippen LogP contribution is -2.55. The smallest absolute Gasteiger partial charge is 0.320 e. The summed E-state index contributed by atoms with van der Waals surface area (Å²) >= 11 is 1.44. The maximum Gasteiger partial charge on any atom is 0.320 e. The van der Waals surface area contributed by atoms with Crippen molar-refractivity contribution in [3.63, 3.8) is 0 Å². The summed E-state index contributed by atoms with van der Waals surface area (Å²) in [5.41, 5.74) is 7.13. The van der Waals surface area contributed by atoms with Crippen LogP contribution < -0.4 is 15.4 Å². The number of aryl methyl sites for hydroxylation is 1. The predicted octanol–water partition coefficient (Wildman–Crippen LogP) is 1.31. The molecule has 0 aromatic carbocycles. The molecule has 0 radical (unpaired) electrons. The van der Waals surface area contributed by atoms with Crippen molar-refractivity contribution in [3.05, 3.63) is 47.7 Å². The molecular weight excluding hydrogens is 510 g/mol. The molecule has 0 spiro atoms. The molecule has 13 heteroatoms. The number of rotatable bonds is 2. The van der Waals surface area contributed by atoms with Crippen molar-refractivity contribution in [2.24, 2.45) is 12.8 Å². The number of aromatic nitrogens is 3. The van der Waals surface area contributed by atoms with E-state index in [9.17, 15) is 19.5 Å². The molecule has 1 fully saturated rings. The number of aliphatic hydroxyl groups excluding tert-OH is 1. The number of pyridine rings is 1. The number of carbonyl (C=O) groups is 3. The zero-order chi connectivity index (χ0) is 27.0. The number of amides is 4. The molecule has 3 aromatic rings. The fourth-order valence-electron chi connectivity index (χ4n) is 5.01. The zero-order valence-corrected chi connectivity index (χ0v) is 21.9. The first-order valence-corrected chi connectivity index (χ1v) is 13.1. The van der Waals surface area contributed by atoms with Gasteiger partial charge in [-0.1, -0.05) is 0 Å². The summed E-state index contributed by atoms with van der Waals surface area (Å²) in [5, 5.41) is 16.9. The third-order valence-electron chi connectivity index (χ3n) is 6.91. The molecule has 12 nitrogen and oxygen atoms in total. The summed E-state index contributed by atoms with van der Waals surface area (Å²) in [6, 6.07) is 4.53. The van der Waals surface area contributed by atoms with Crippen LogP contribution in [-0.2, 0) is 11.8 Å². The van der Waals surface area contributed by atoms with Crippen molar-refractivity contribution in [1.82, 2.24) is 24.6 Å². The number of aliphatic hydroxyl groups is 1. The molecule has 2 bridgehead atoms. The number of primary amides is 1. The predicted molar refractivity (Wildman–Crippen MR) is 140 cm³/mol. The van der Waals surface area contributed by atoms with Gasteiger partial charge in [-0.05, 0) is 42.5 Å². The number of nitrogens with zero attached hydrogens (tertiary/aromatic N) is 6. The Morgan fingerprint density at radius 3 is 2.84 bits per heavy atom. The number of hydrogen-bond donors (Lipinski definition) is 2. The first-order valence-electron chi connectivity index (χ1n) is 12.2. The molecule has 0 aliphatic carbocycles. The summed E-state index contributed by atoms with van der Waals surface area (Å²) < 4.78 is 7.66. The first kappa shape index (κ1) is 25.7. The van der Waals surface area contributed by atoms with Crippen LogP contribution in [0.1, 0.15) is 23.3 Å². The molecule has 5 rings (SSSR count). The SMILES string of the molecule is CN1CC[C@H](N(C(N)=O)c2cccnc2)C(=O)N2C[C@@H](O)C[C@H]2COc2ccsc2-c2cc(n(C)n2)C1=O. The topological polar surface area (TPSA) is 147 Å². The van der Waals surface area contributed by atoms with Crippen LogP contribution in [0.15, 0.2) is 42.0 Å². The molecule has 5 heterocycles. The summed E-state index contributed by atoms with van der Waals surface area (Å²) in [6.07, 6.45) is 2.71. The molecule has 4 amide bonds. The Labute approximate surface area is 223 Å². The van der Waals surface area contributed by atoms with Gasteiger partial charge in [-0.15, -0.1) is 11.3 Å². The van der Waals surface area contributed by atoms with E-state index in [0.29, 0.717) is 29.2 Å². The number of carbonyl (C=O) groups excluding carboxylic acids is 3. The number of urea groups is 1. The number of hydrogen-bond acceptors (Lipinski definition) is 8. The molecule has 3 aromatic heterocycles. The molecule has 2 aliphatic heterocycles. The van der Waals surface area contributed by atoms with E-state index in [0.717, 1.165) is 4.88 Å². The molecule has 0 saturated carbocycles. The highest BCUT2D eigenvalue weighted by molar-refractivity contribution is 7.14. The number of thiophene rings is 1. The molecule has 200 valence electrons. The van der Waals surface area contributed by atoms with Crippen LogP contribution in [0.2, 0.25) is 0 Å². The second-order valence-electron chi connectivity index (χ2n) is 9.45. The van der Waals surface area contributed by atoms with E-state index in [4.69, 9.17) is 10.5 Å². The second-order valence-corrected chi connectivity index (χ2v) is 10.4. The van der Waals surface area contributed by atoms with E-state index >= 15 is 0 Å². The number of anilines is 1. The highest BCUT2D eigenvalue weighted by Crippen LogP contribution is 2.36. The van der Waals surface area contributed by atoms with Crippen LogP contribution in [-0.4, -0.2) is 92.4 Å². The van der Waals surface area contributed by atoms with E-state index in [1.54, 1.807) is 43.4 Å². The van der Waals surface area contributed by atoms with Crippen LogP contribution in [0.3, 0.4) is 0 Å². The first-order chi connectivity index (χ1) is 18.2. The summed E-state index contributed by atoms with van der Waals surface area (Å²) in [4.78, 5) is 49.2. The van der Waals surface area contributed by atoms with Gasteiger partial charge in [0, 0.05) is 33.4 Å². The molecular formula is C25H29N7O5S. The summed E-state index contributed by atoms with van der Waals surface area (Å²) in [7, 11) is 3.33. The lowest BCUT2D eigenvalue weighted by Gasteiger charge is -2.35. The normalized spacial score (nSPS) is 22.2. The Kier molecular flexibility index (Phi) is 7.04. The van der Waals surface area contributed by atoms with Crippen LogP contribution in [0.5, 0.6) is 5.75 Å². The van der Waals surface area contributed by atoms with Crippen molar-refractivity contribution in [2.45, 2.75) is 31.0 Å². The maximum atomic E-state index is 14.0. The van der Waals surface area contributed by atoms with Gasteiger partial charge in [0.15, 0.2) is 0 Å². The lowest BCUT2D eigenvalue weighted by molar-refractivity contribution is -0.134. The molecule has 3 N–H and O–H groups in total. The van der Waals surface area contributed by atoms with E-state index in [1.807, 2.05) is 11.4 Å². The van der Waals surface area contributed by atoms with Gasteiger partial charge in [-0.2, -0.15) is 5.10 Å².